The number of thioether (sulfide) groups is 1. The summed E-state index contributed by atoms with van der Waals surface area (Å²) in [6.45, 7) is 6.27. The molecular formula is C20H27N3O4S. The Balaban J connectivity index is 1.44. The molecule has 2 saturated heterocycles. The molecule has 2 fully saturated rings. The summed E-state index contributed by atoms with van der Waals surface area (Å²) in [6.07, 6.45) is 8.76. The summed E-state index contributed by atoms with van der Waals surface area (Å²) in [7, 11) is 0. The molecule has 4 aliphatic heterocycles. The maximum absolute atomic E-state index is 12.4. The summed E-state index contributed by atoms with van der Waals surface area (Å²) >= 11 is 1.59. The first kappa shape index (κ1) is 19.5. The number of aliphatic hydroxyl groups is 1. The van der Waals surface area contributed by atoms with Gasteiger partial charge in [-0.1, -0.05) is 25.2 Å². The van der Waals surface area contributed by atoms with Gasteiger partial charge in [-0.05, 0) is 19.5 Å². The van der Waals surface area contributed by atoms with Crippen LogP contribution < -0.4 is 5.32 Å². The Bertz CT molecular complexity index is 755. The number of aliphatic carboxylic acids is 1. The number of nitrogens with zero attached hydrogens (tertiary/aromatic N) is 2. The molecular weight excluding hydrogens is 378 g/mol. The first-order chi connectivity index (χ1) is 13.4. The second-order valence-electron chi connectivity index (χ2n) is 8.03. The fourth-order valence-corrected chi connectivity index (χ4v) is 6.16. The molecule has 152 valence electrons. The monoisotopic (exact) mass is 405 g/mol. The van der Waals surface area contributed by atoms with Gasteiger partial charge in [0.15, 0.2) is 0 Å². The average Bonchev–Trinajstić information content (AvgIpc) is 3.34. The van der Waals surface area contributed by atoms with E-state index in [0.717, 1.165) is 31.0 Å². The van der Waals surface area contributed by atoms with Crippen molar-refractivity contribution in [2.45, 2.75) is 43.7 Å². The molecule has 0 bridgehead atoms. The average molecular weight is 406 g/mol. The summed E-state index contributed by atoms with van der Waals surface area (Å²) in [5, 5.41) is 23.4. The molecule has 3 N–H and O–H groups in total. The van der Waals surface area contributed by atoms with Gasteiger partial charge >= 0.3 is 5.97 Å². The number of hydrogen-bond acceptors (Lipinski definition) is 6. The largest absolute Gasteiger partial charge is 0.477 e. The predicted molar refractivity (Wildman–Crippen MR) is 107 cm³/mol. The second kappa shape index (κ2) is 7.57. The smallest absolute Gasteiger partial charge is 0.353 e. The standard InChI is InChI=1S/C20H27N3O4S/c1-11-16-15(12(2)24)19(25)23(16)17(20(26)27)18(11)28-14-9-13(21-10-14)5-8-22-6-3-4-7-22/h3-5,8,11-16,21,24H,6-7,9-10H2,1-2H3,(H,26,27)/b8-5+/t11-,12-,13-,14+,15-,16-/m1/s1. The van der Waals surface area contributed by atoms with Gasteiger partial charge in [-0.3, -0.25) is 4.79 Å². The lowest BCUT2D eigenvalue weighted by molar-refractivity contribution is -0.163. The maximum Gasteiger partial charge on any atom is 0.353 e. The number of carbonyl (C=O) groups excluding carboxylic acids is 1. The van der Waals surface area contributed by atoms with Gasteiger partial charge in [-0.25, -0.2) is 4.79 Å². The highest BCUT2D eigenvalue weighted by molar-refractivity contribution is 8.03. The van der Waals surface area contributed by atoms with Crippen molar-refractivity contribution in [3.63, 3.8) is 0 Å². The Morgan fingerprint density at radius 1 is 1.39 bits per heavy atom. The molecule has 7 nitrogen and oxygen atoms in total. The number of carboxylic acids is 1. The quantitative estimate of drug-likeness (QED) is 0.448. The molecule has 4 rings (SSSR count). The minimum atomic E-state index is -1.06. The van der Waals surface area contributed by atoms with Crippen molar-refractivity contribution in [1.29, 1.82) is 0 Å². The number of β-lactam (4-membered cyclic amide) rings is 1. The van der Waals surface area contributed by atoms with Crippen LogP contribution in [0.2, 0.25) is 0 Å². The Morgan fingerprint density at radius 3 is 2.75 bits per heavy atom. The van der Waals surface area contributed by atoms with E-state index in [-0.39, 0.29) is 34.9 Å². The lowest BCUT2D eigenvalue weighted by atomic mass is 9.79. The third-order valence-electron chi connectivity index (χ3n) is 6.10. The van der Waals surface area contributed by atoms with Crippen molar-refractivity contribution in [2.24, 2.45) is 11.8 Å². The highest BCUT2D eigenvalue weighted by Crippen LogP contribution is 2.51. The van der Waals surface area contributed by atoms with Crippen LogP contribution in [0.1, 0.15) is 20.3 Å². The highest BCUT2D eigenvalue weighted by Gasteiger charge is 2.60. The van der Waals surface area contributed by atoms with Crippen LogP contribution >= 0.6 is 11.8 Å². The molecule has 1 amide bonds. The number of nitrogens with one attached hydrogen (secondary N) is 1. The van der Waals surface area contributed by atoms with E-state index >= 15 is 0 Å². The number of amides is 1. The summed E-state index contributed by atoms with van der Waals surface area (Å²) in [5.41, 5.74) is 0.117. The zero-order chi connectivity index (χ0) is 20.0. The van der Waals surface area contributed by atoms with Gasteiger partial charge in [-0.15, -0.1) is 11.8 Å². The fourth-order valence-electron chi connectivity index (χ4n) is 4.67. The molecule has 4 heterocycles. The minimum Gasteiger partial charge on any atom is -0.477 e. The van der Waals surface area contributed by atoms with Crippen LogP contribution in [0.3, 0.4) is 0 Å². The van der Waals surface area contributed by atoms with Gasteiger partial charge in [0.05, 0.1) is 18.1 Å². The minimum absolute atomic E-state index is 0.0707. The van der Waals surface area contributed by atoms with Crippen LogP contribution in [0.4, 0.5) is 0 Å². The Morgan fingerprint density at radius 2 is 2.11 bits per heavy atom. The van der Waals surface area contributed by atoms with Gasteiger partial charge in [0.25, 0.3) is 0 Å². The van der Waals surface area contributed by atoms with E-state index in [0.29, 0.717) is 0 Å². The second-order valence-corrected chi connectivity index (χ2v) is 9.37. The van der Waals surface area contributed by atoms with Crippen molar-refractivity contribution in [3.8, 4) is 0 Å². The molecule has 6 atom stereocenters. The van der Waals surface area contributed by atoms with Crippen LogP contribution in [0.25, 0.3) is 0 Å². The lowest BCUT2D eigenvalue weighted by Crippen LogP contribution is -2.63. The van der Waals surface area contributed by atoms with Crippen molar-refractivity contribution in [1.82, 2.24) is 15.1 Å². The highest BCUT2D eigenvalue weighted by atomic mass is 32.2. The van der Waals surface area contributed by atoms with Crippen LogP contribution in [-0.2, 0) is 9.59 Å². The summed E-state index contributed by atoms with van der Waals surface area (Å²) in [4.78, 5) is 28.7. The number of hydrogen-bond donors (Lipinski definition) is 3. The molecule has 8 heteroatoms. The molecule has 0 unspecified atom stereocenters. The zero-order valence-corrected chi connectivity index (χ0v) is 16.9. The summed E-state index contributed by atoms with van der Waals surface area (Å²) in [6, 6.07) is 0.0291. The first-order valence-corrected chi connectivity index (χ1v) is 10.7. The topological polar surface area (TPSA) is 93.1 Å². The SMILES string of the molecule is C[C@@H](O)[C@H]1C(=O)N2C(C(=O)O)=C(S[C@@H]3CN[C@H](/C=C/N4CC=CC4)C3)[C@H](C)[C@H]12. The molecule has 0 radical (unpaired) electrons. The number of aliphatic hydroxyl groups excluding tert-OH is 1. The van der Waals surface area contributed by atoms with Crippen molar-refractivity contribution >= 4 is 23.6 Å². The third-order valence-corrected chi connectivity index (χ3v) is 7.62. The van der Waals surface area contributed by atoms with Crippen LogP contribution in [0.5, 0.6) is 0 Å². The molecule has 0 saturated carbocycles. The number of fused-ring (bicyclic) bond motifs is 1. The van der Waals surface area contributed by atoms with E-state index < -0.39 is 18.0 Å². The van der Waals surface area contributed by atoms with Gasteiger partial charge in [-0.2, -0.15) is 0 Å². The van der Waals surface area contributed by atoms with Crippen molar-refractivity contribution in [2.75, 3.05) is 19.6 Å². The van der Waals surface area contributed by atoms with Crippen LogP contribution in [-0.4, -0.2) is 75.0 Å². The predicted octanol–water partition coefficient (Wildman–Crippen LogP) is 0.989. The van der Waals surface area contributed by atoms with Gasteiger partial charge in [0, 0.05) is 41.7 Å². The van der Waals surface area contributed by atoms with Gasteiger partial charge in [0.1, 0.15) is 5.70 Å². The Kier molecular flexibility index (Phi) is 5.28. The fraction of sp³-hybridized carbons (Fsp3) is 0.600. The molecule has 0 aliphatic carbocycles. The van der Waals surface area contributed by atoms with Crippen LogP contribution in [0.15, 0.2) is 35.0 Å². The van der Waals surface area contributed by atoms with E-state index in [9.17, 15) is 19.8 Å². The Hall–Kier alpha value is -1.77. The summed E-state index contributed by atoms with van der Waals surface area (Å²) in [5.74, 6) is -1.91. The number of carboxylic acid groups (broad SMARTS) is 1. The molecule has 0 aromatic heterocycles. The summed E-state index contributed by atoms with van der Waals surface area (Å²) < 4.78 is 0. The van der Waals surface area contributed by atoms with Gasteiger partial charge in [0.2, 0.25) is 5.91 Å². The normalized spacial score (nSPS) is 35.8. The number of carbonyl (C=O) groups is 2. The van der Waals surface area contributed by atoms with Crippen molar-refractivity contribution in [3.05, 3.63) is 35.0 Å². The molecule has 28 heavy (non-hydrogen) atoms. The van der Waals surface area contributed by atoms with Gasteiger partial charge < -0.3 is 25.3 Å². The maximum atomic E-state index is 12.4. The van der Waals surface area contributed by atoms with E-state index in [1.807, 2.05) is 6.92 Å². The molecule has 0 aromatic rings. The zero-order valence-electron chi connectivity index (χ0n) is 16.1. The van der Waals surface area contributed by atoms with E-state index in [1.165, 1.54) is 4.90 Å². The molecule has 0 spiro atoms. The first-order valence-electron chi connectivity index (χ1n) is 9.84. The molecule has 4 aliphatic rings. The Labute approximate surface area is 169 Å². The third kappa shape index (κ3) is 3.27. The lowest BCUT2D eigenvalue weighted by Gasteiger charge is -2.46. The van der Waals surface area contributed by atoms with E-state index in [4.69, 9.17) is 0 Å². The van der Waals surface area contributed by atoms with E-state index in [2.05, 4.69) is 34.6 Å². The molecule has 0 aromatic carbocycles. The van der Waals surface area contributed by atoms with Crippen molar-refractivity contribution < 1.29 is 19.8 Å². The number of rotatable bonds is 6. The van der Waals surface area contributed by atoms with E-state index in [1.54, 1.807) is 18.7 Å². The van der Waals surface area contributed by atoms with Crippen LogP contribution in [0, 0.1) is 11.8 Å².